The molecule has 1 aliphatic rings. The predicted molar refractivity (Wildman–Crippen MR) is 82.3 cm³/mol. The summed E-state index contributed by atoms with van der Waals surface area (Å²) in [5.41, 5.74) is 1.29. The maximum atomic E-state index is 10.9. The van der Waals surface area contributed by atoms with E-state index in [0.717, 1.165) is 12.2 Å². The lowest BCUT2D eigenvalue weighted by molar-refractivity contribution is 0.0559. The molecule has 0 radical (unpaired) electrons. The number of hydrogen-bond acceptors (Lipinski definition) is 5. The fraction of sp³-hybridized carbons (Fsp3) is 0.438. The standard InChI is InChI=1S/C16H19N5O/c1-12(2)21-10-15(18-19-21)16(22)7-8-20(11-16)14-5-3-13(9-17)4-6-14/h3-6,10,12,22H,7-8,11H2,1-2H3. The van der Waals surface area contributed by atoms with Crippen molar-refractivity contribution in [3.63, 3.8) is 0 Å². The first-order valence-corrected chi connectivity index (χ1v) is 7.42. The zero-order chi connectivity index (χ0) is 15.7. The lowest BCUT2D eigenvalue weighted by atomic mass is 10.00. The lowest BCUT2D eigenvalue weighted by Crippen LogP contribution is -2.31. The summed E-state index contributed by atoms with van der Waals surface area (Å²) in [7, 11) is 0. The summed E-state index contributed by atoms with van der Waals surface area (Å²) >= 11 is 0. The second-order valence-electron chi connectivity index (χ2n) is 6.04. The summed E-state index contributed by atoms with van der Waals surface area (Å²) in [5, 5.41) is 27.9. The third-order valence-corrected chi connectivity index (χ3v) is 4.13. The predicted octanol–water partition coefficient (Wildman–Crippen LogP) is 1.83. The van der Waals surface area contributed by atoms with E-state index in [0.29, 0.717) is 24.2 Å². The van der Waals surface area contributed by atoms with Crippen LogP contribution >= 0.6 is 0 Å². The fourth-order valence-electron chi connectivity index (χ4n) is 2.71. The Morgan fingerprint density at radius 1 is 1.32 bits per heavy atom. The fourth-order valence-corrected chi connectivity index (χ4v) is 2.71. The van der Waals surface area contributed by atoms with Gasteiger partial charge in [-0.3, -0.25) is 0 Å². The van der Waals surface area contributed by atoms with Gasteiger partial charge in [-0.15, -0.1) is 5.10 Å². The third-order valence-electron chi connectivity index (χ3n) is 4.13. The van der Waals surface area contributed by atoms with Crippen LogP contribution in [0, 0.1) is 11.3 Å². The van der Waals surface area contributed by atoms with Crippen LogP contribution in [0.4, 0.5) is 5.69 Å². The molecule has 0 aliphatic carbocycles. The van der Waals surface area contributed by atoms with Crippen molar-refractivity contribution in [3.8, 4) is 6.07 Å². The number of rotatable bonds is 3. The molecule has 1 saturated heterocycles. The molecular formula is C16H19N5O. The Morgan fingerprint density at radius 2 is 2.05 bits per heavy atom. The summed E-state index contributed by atoms with van der Waals surface area (Å²) in [6, 6.07) is 9.75. The van der Waals surface area contributed by atoms with Crippen molar-refractivity contribution in [1.82, 2.24) is 15.0 Å². The van der Waals surface area contributed by atoms with Crippen LogP contribution in [0.5, 0.6) is 0 Å². The van der Waals surface area contributed by atoms with Crippen molar-refractivity contribution in [1.29, 1.82) is 5.26 Å². The molecule has 6 heteroatoms. The van der Waals surface area contributed by atoms with E-state index < -0.39 is 5.60 Å². The highest BCUT2D eigenvalue weighted by atomic mass is 16.3. The Bertz CT molecular complexity index is 700. The van der Waals surface area contributed by atoms with E-state index in [2.05, 4.69) is 21.3 Å². The van der Waals surface area contributed by atoms with Crippen molar-refractivity contribution >= 4 is 5.69 Å². The Balaban J connectivity index is 1.78. The first-order valence-electron chi connectivity index (χ1n) is 7.42. The van der Waals surface area contributed by atoms with E-state index in [1.165, 1.54) is 0 Å². The second kappa shape index (κ2) is 5.43. The Hall–Kier alpha value is -2.39. The molecule has 1 N–H and O–H groups in total. The minimum atomic E-state index is -0.971. The van der Waals surface area contributed by atoms with Gasteiger partial charge in [0.05, 0.1) is 24.4 Å². The van der Waals surface area contributed by atoms with Gasteiger partial charge in [0.2, 0.25) is 0 Å². The molecule has 3 rings (SSSR count). The van der Waals surface area contributed by atoms with Crippen LogP contribution in [0.25, 0.3) is 0 Å². The Kier molecular flexibility index (Phi) is 3.59. The average Bonchev–Trinajstić information content (AvgIpc) is 3.15. The molecule has 1 fully saturated rings. The molecule has 22 heavy (non-hydrogen) atoms. The molecule has 1 aromatic heterocycles. The number of nitrogens with zero attached hydrogens (tertiary/aromatic N) is 5. The van der Waals surface area contributed by atoms with Gasteiger partial charge < -0.3 is 10.0 Å². The number of aliphatic hydroxyl groups is 1. The van der Waals surface area contributed by atoms with Gasteiger partial charge in [-0.05, 0) is 38.1 Å². The highest BCUT2D eigenvalue weighted by molar-refractivity contribution is 5.51. The monoisotopic (exact) mass is 297 g/mol. The average molecular weight is 297 g/mol. The van der Waals surface area contributed by atoms with Crippen molar-refractivity contribution < 1.29 is 5.11 Å². The van der Waals surface area contributed by atoms with Crippen molar-refractivity contribution in [2.24, 2.45) is 0 Å². The zero-order valence-corrected chi connectivity index (χ0v) is 12.8. The highest BCUT2D eigenvalue weighted by Crippen LogP contribution is 2.33. The first kappa shape index (κ1) is 14.5. The van der Waals surface area contributed by atoms with Crippen LogP contribution in [0.15, 0.2) is 30.5 Å². The quantitative estimate of drug-likeness (QED) is 0.935. The summed E-state index contributed by atoms with van der Waals surface area (Å²) in [6.07, 6.45) is 2.44. The summed E-state index contributed by atoms with van der Waals surface area (Å²) in [5.74, 6) is 0. The smallest absolute Gasteiger partial charge is 0.129 e. The summed E-state index contributed by atoms with van der Waals surface area (Å²) < 4.78 is 1.76. The molecule has 1 aliphatic heterocycles. The van der Waals surface area contributed by atoms with Crippen molar-refractivity contribution in [2.45, 2.75) is 31.9 Å². The third kappa shape index (κ3) is 2.55. The maximum Gasteiger partial charge on any atom is 0.129 e. The van der Waals surface area contributed by atoms with Crippen LogP contribution in [0.1, 0.15) is 37.6 Å². The maximum absolute atomic E-state index is 10.9. The van der Waals surface area contributed by atoms with Gasteiger partial charge in [0, 0.05) is 24.7 Å². The Labute approximate surface area is 129 Å². The molecule has 0 amide bonds. The van der Waals surface area contributed by atoms with Crippen molar-refractivity contribution in [2.75, 3.05) is 18.0 Å². The van der Waals surface area contributed by atoms with Crippen LogP contribution in [-0.4, -0.2) is 33.2 Å². The number of anilines is 1. The largest absolute Gasteiger partial charge is 0.381 e. The molecule has 6 nitrogen and oxygen atoms in total. The van der Waals surface area contributed by atoms with Crippen LogP contribution in [0.3, 0.4) is 0 Å². The minimum absolute atomic E-state index is 0.223. The van der Waals surface area contributed by atoms with Crippen LogP contribution in [-0.2, 0) is 5.60 Å². The summed E-state index contributed by atoms with van der Waals surface area (Å²) in [6.45, 7) is 5.28. The summed E-state index contributed by atoms with van der Waals surface area (Å²) in [4.78, 5) is 2.11. The number of β-amino-alcohol motifs (C(OH)–C–C–N with tert-alkyl or cyclic N) is 1. The van der Waals surface area contributed by atoms with Gasteiger partial charge in [-0.1, -0.05) is 5.21 Å². The van der Waals surface area contributed by atoms with E-state index >= 15 is 0 Å². The van der Waals surface area contributed by atoms with Gasteiger partial charge >= 0.3 is 0 Å². The molecular weight excluding hydrogens is 278 g/mol. The van der Waals surface area contributed by atoms with Crippen LogP contribution in [0.2, 0.25) is 0 Å². The second-order valence-corrected chi connectivity index (χ2v) is 6.04. The SMILES string of the molecule is CC(C)n1cc(C2(O)CCN(c3ccc(C#N)cc3)C2)nn1. The first-order chi connectivity index (χ1) is 10.5. The highest BCUT2D eigenvalue weighted by Gasteiger charge is 2.40. The van der Waals surface area contributed by atoms with Gasteiger partial charge in [0.1, 0.15) is 11.3 Å². The topological polar surface area (TPSA) is 78.0 Å². The van der Waals surface area contributed by atoms with Gasteiger partial charge in [0.15, 0.2) is 0 Å². The molecule has 1 unspecified atom stereocenters. The van der Waals surface area contributed by atoms with Gasteiger partial charge in [0.25, 0.3) is 0 Å². The number of aromatic nitrogens is 3. The molecule has 114 valence electrons. The van der Waals surface area contributed by atoms with E-state index in [1.54, 1.807) is 16.8 Å². The molecule has 2 aromatic rings. The van der Waals surface area contributed by atoms with E-state index in [1.807, 2.05) is 32.2 Å². The van der Waals surface area contributed by atoms with Crippen molar-refractivity contribution in [3.05, 3.63) is 41.7 Å². The molecule has 1 aromatic carbocycles. The number of hydrogen-bond donors (Lipinski definition) is 1. The minimum Gasteiger partial charge on any atom is -0.381 e. The number of benzene rings is 1. The molecule has 0 bridgehead atoms. The van der Waals surface area contributed by atoms with E-state index in [4.69, 9.17) is 5.26 Å². The molecule has 1 atom stereocenters. The molecule has 0 spiro atoms. The Morgan fingerprint density at radius 3 is 2.64 bits per heavy atom. The zero-order valence-electron chi connectivity index (χ0n) is 12.8. The molecule has 2 heterocycles. The molecule has 0 saturated carbocycles. The lowest BCUT2D eigenvalue weighted by Gasteiger charge is -2.22. The normalized spacial score (nSPS) is 21.3. The number of nitriles is 1. The van der Waals surface area contributed by atoms with E-state index in [-0.39, 0.29) is 6.04 Å². The van der Waals surface area contributed by atoms with Gasteiger partial charge in [-0.25, -0.2) is 4.68 Å². The van der Waals surface area contributed by atoms with Gasteiger partial charge in [-0.2, -0.15) is 5.26 Å². The van der Waals surface area contributed by atoms with Crippen LogP contribution < -0.4 is 4.90 Å². The van der Waals surface area contributed by atoms with E-state index in [9.17, 15) is 5.11 Å².